The molecular weight excluding hydrogens is 320 g/mol. The molecule has 25 heavy (non-hydrogen) atoms. The molecule has 0 atom stereocenters. The molecule has 0 saturated carbocycles. The minimum Gasteiger partial charge on any atom is -0.497 e. The number of methoxy groups -OCH3 is 1. The zero-order valence-corrected chi connectivity index (χ0v) is 14.4. The van der Waals surface area contributed by atoms with Gasteiger partial charge in [-0.15, -0.1) is 0 Å². The fraction of sp³-hybridized carbons (Fsp3) is 0.263. The predicted molar refractivity (Wildman–Crippen MR) is 95.8 cm³/mol. The lowest BCUT2D eigenvalue weighted by molar-refractivity contribution is -0.136. The van der Waals surface area contributed by atoms with E-state index < -0.39 is 0 Å². The van der Waals surface area contributed by atoms with E-state index in [4.69, 9.17) is 9.47 Å². The van der Waals surface area contributed by atoms with Crippen LogP contribution in [0.3, 0.4) is 0 Å². The number of likely N-dealkylation sites (N-methyl/N-ethyl adjacent to an activating group) is 1. The van der Waals surface area contributed by atoms with Crippen LogP contribution in [0.2, 0.25) is 0 Å². The lowest BCUT2D eigenvalue weighted by atomic mass is 10.3. The Bertz CT molecular complexity index is 686. The van der Waals surface area contributed by atoms with Crippen molar-refractivity contribution >= 4 is 17.5 Å². The zero-order valence-electron chi connectivity index (χ0n) is 14.4. The Balaban J connectivity index is 1.84. The molecule has 0 bridgehead atoms. The highest BCUT2D eigenvalue weighted by Gasteiger charge is 2.16. The van der Waals surface area contributed by atoms with Gasteiger partial charge in [-0.05, 0) is 43.3 Å². The van der Waals surface area contributed by atoms with Crippen molar-refractivity contribution in [3.63, 3.8) is 0 Å². The van der Waals surface area contributed by atoms with Gasteiger partial charge in [-0.25, -0.2) is 0 Å². The van der Waals surface area contributed by atoms with E-state index >= 15 is 0 Å². The van der Waals surface area contributed by atoms with Crippen molar-refractivity contribution in [2.24, 2.45) is 0 Å². The molecule has 0 heterocycles. The Morgan fingerprint density at radius 2 is 1.68 bits per heavy atom. The van der Waals surface area contributed by atoms with E-state index in [1.54, 1.807) is 43.5 Å². The lowest BCUT2D eigenvalue weighted by Crippen LogP contribution is -2.40. The van der Waals surface area contributed by atoms with Crippen LogP contribution in [-0.4, -0.2) is 43.5 Å². The first kappa shape index (κ1) is 18.3. The summed E-state index contributed by atoms with van der Waals surface area (Å²) in [5.74, 6) is 0.826. The molecule has 6 nitrogen and oxygen atoms in total. The van der Waals surface area contributed by atoms with Crippen LogP contribution in [0.4, 0.5) is 5.69 Å². The van der Waals surface area contributed by atoms with Crippen LogP contribution in [0.5, 0.6) is 11.5 Å². The van der Waals surface area contributed by atoms with Gasteiger partial charge in [0.2, 0.25) is 5.91 Å². The van der Waals surface area contributed by atoms with Crippen LogP contribution >= 0.6 is 0 Å². The molecular formula is C19H22N2O4. The first-order valence-corrected chi connectivity index (χ1v) is 8.02. The molecule has 132 valence electrons. The van der Waals surface area contributed by atoms with E-state index in [-0.39, 0.29) is 25.0 Å². The first-order valence-electron chi connectivity index (χ1n) is 8.02. The van der Waals surface area contributed by atoms with Gasteiger partial charge < -0.3 is 19.7 Å². The van der Waals surface area contributed by atoms with Crippen molar-refractivity contribution in [3.05, 3.63) is 54.6 Å². The average Bonchev–Trinajstić information content (AvgIpc) is 2.65. The van der Waals surface area contributed by atoms with E-state index in [0.29, 0.717) is 23.7 Å². The van der Waals surface area contributed by atoms with Gasteiger partial charge in [0.1, 0.15) is 11.5 Å². The standard InChI is InChI=1S/C19H22N2O4/c1-3-21(19(23)14-25-17-7-5-4-6-8-17)13-18(22)20-15-9-11-16(24-2)12-10-15/h4-12H,3,13-14H2,1-2H3,(H,20,22). The molecule has 1 N–H and O–H groups in total. The number of para-hydroxylation sites is 1. The summed E-state index contributed by atoms with van der Waals surface area (Å²) in [7, 11) is 1.58. The molecule has 2 rings (SSSR count). The fourth-order valence-corrected chi connectivity index (χ4v) is 2.18. The summed E-state index contributed by atoms with van der Waals surface area (Å²) in [5, 5.41) is 2.76. The summed E-state index contributed by atoms with van der Waals surface area (Å²) < 4.78 is 10.5. The highest BCUT2D eigenvalue weighted by Crippen LogP contribution is 2.15. The number of hydrogen-bond acceptors (Lipinski definition) is 4. The van der Waals surface area contributed by atoms with E-state index in [0.717, 1.165) is 0 Å². The van der Waals surface area contributed by atoms with Crippen LogP contribution in [0.25, 0.3) is 0 Å². The summed E-state index contributed by atoms with van der Waals surface area (Å²) >= 11 is 0. The largest absolute Gasteiger partial charge is 0.497 e. The highest BCUT2D eigenvalue weighted by atomic mass is 16.5. The third-order valence-electron chi connectivity index (χ3n) is 3.55. The third-order valence-corrected chi connectivity index (χ3v) is 3.55. The number of ether oxygens (including phenoxy) is 2. The van der Waals surface area contributed by atoms with E-state index in [1.165, 1.54) is 4.90 Å². The number of carbonyl (C=O) groups is 2. The fourth-order valence-electron chi connectivity index (χ4n) is 2.18. The maximum absolute atomic E-state index is 12.2. The first-order chi connectivity index (χ1) is 12.1. The van der Waals surface area contributed by atoms with Gasteiger partial charge in [-0.2, -0.15) is 0 Å². The number of amides is 2. The minimum atomic E-state index is -0.264. The van der Waals surface area contributed by atoms with Gasteiger partial charge in [0, 0.05) is 12.2 Å². The molecule has 2 aromatic rings. The summed E-state index contributed by atoms with van der Waals surface area (Å²) in [6.45, 7) is 2.11. The second kappa shape index (κ2) is 9.32. The molecule has 0 saturated heterocycles. The number of carbonyl (C=O) groups excluding carboxylic acids is 2. The van der Waals surface area contributed by atoms with Gasteiger partial charge in [-0.1, -0.05) is 18.2 Å². The molecule has 0 aliphatic rings. The van der Waals surface area contributed by atoms with E-state index in [1.807, 2.05) is 25.1 Å². The summed E-state index contributed by atoms with van der Waals surface area (Å²) in [6, 6.07) is 16.1. The Labute approximate surface area is 147 Å². The quantitative estimate of drug-likeness (QED) is 0.801. The van der Waals surface area contributed by atoms with Gasteiger partial charge in [0.25, 0.3) is 5.91 Å². The number of hydrogen-bond donors (Lipinski definition) is 1. The maximum Gasteiger partial charge on any atom is 0.260 e. The van der Waals surface area contributed by atoms with E-state index in [2.05, 4.69) is 5.32 Å². The number of nitrogens with one attached hydrogen (secondary N) is 1. The topological polar surface area (TPSA) is 67.9 Å². The zero-order chi connectivity index (χ0) is 18.1. The summed E-state index contributed by atoms with van der Waals surface area (Å²) in [4.78, 5) is 25.8. The highest BCUT2D eigenvalue weighted by molar-refractivity contribution is 5.94. The van der Waals surface area contributed by atoms with Crippen LogP contribution in [0.15, 0.2) is 54.6 Å². The van der Waals surface area contributed by atoms with Gasteiger partial charge in [-0.3, -0.25) is 9.59 Å². The third kappa shape index (κ3) is 5.84. The molecule has 0 aromatic heterocycles. The monoisotopic (exact) mass is 342 g/mol. The predicted octanol–water partition coefficient (Wildman–Crippen LogP) is 2.56. The second-order valence-electron chi connectivity index (χ2n) is 5.29. The SMILES string of the molecule is CCN(CC(=O)Nc1ccc(OC)cc1)C(=O)COc1ccccc1. The molecule has 0 radical (unpaired) electrons. The Hall–Kier alpha value is -3.02. The Morgan fingerprint density at radius 3 is 2.28 bits per heavy atom. The summed E-state index contributed by atoms with van der Waals surface area (Å²) in [6.07, 6.45) is 0. The lowest BCUT2D eigenvalue weighted by Gasteiger charge is -2.20. The Morgan fingerprint density at radius 1 is 1.00 bits per heavy atom. The normalized spacial score (nSPS) is 10.0. The molecule has 0 unspecified atom stereocenters. The van der Waals surface area contributed by atoms with Crippen molar-refractivity contribution in [1.82, 2.24) is 4.90 Å². The van der Waals surface area contributed by atoms with E-state index in [9.17, 15) is 9.59 Å². The maximum atomic E-state index is 12.2. The van der Waals surface area contributed by atoms with Crippen molar-refractivity contribution in [3.8, 4) is 11.5 Å². The van der Waals surface area contributed by atoms with Gasteiger partial charge in [0.05, 0.1) is 13.7 Å². The molecule has 0 aliphatic carbocycles. The minimum absolute atomic E-state index is 0.0283. The molecule has 0 fully saturated rings. The van der Waals surface area contributed by atoms with Gasteiger partial charge >= 0.3 is 0 Å². The second-order valence-corrected chi connectivity index (χ2v) is 5.29. The number of nitrogens with zero attached hydrogens (tertiary/aromatic N) is 1. The number of benzene rings is 2. The van der Waals surface area contributed by atoms with Crippen LogP contribution in [-0.2, 0) is 9.59 Å². The number of rotatable bonds is 8. The molecule has 2 aromatic carbocycles. The smallest absolute Gasteiger partial charge is 0.260 e. The summed E-state index contributed by atoms with van der Waals surface area (Å²) in [5.41, 5.74) is 0.648. The average molecular weight is 342 g/mol. The van der Waals surface area contributed by atoms with Crippen LogP contribution in [0, 0.1) is 0 Å². The van der Waals surface area contributed by atoms with Crippen molar-refractivity contribution < 1.29 is 19.1 Å². The molecule has 0 aliphatic heterocycles. The molecule has 6 heteroatoms. The van der Waals surface area contributed by atoms with Crippen LogP contribution < -0.4 is 14.8 Å². The Kier molecular flexibility index (Phi) is 6.83. The molecule has 0 spiro atoms. The van der Waals surface area contributed by atoms with Crippen molar-refractivity contribution in [2.75, 3.05) is 32.1 Å². The van der Waals surface area contributed by atoms with Crippen LogP contribution in [0.1, 0.15) is 6.92 Å². The van der Waals surface area contributed by atoms with Gasteiger partial charge in [0.15, 0.2) is 6.61 Å². The molecule has 2 amide bonds. The number of anilines is 1. The van der Waals surface area contributed by atoms with Crippen molar-refractivity contribution in [2.45, 2.75) is 6.92 Å². The van der Waals surface area contributed by atoms with Crippen molar-refractivity contribution in [1.29, 1.82) is 0 Å².